The molecule has 1 aromatic carbocycles. The summed E-state index contributed by atoms with van der Waals surface area (Å²) in [6.45, 7) is 7.33. The van der Waals surface area contributed by atoms with Crippen molar-refractivity contribution in [2.75, 3.05) is 32.7 Å². The van der Waals surface area contributed by atoms with Gasteiger partial charge in [-0.05, 0) is 31.4 Å². The lowest BCUT2D eigenvalue weighted by atomic mass is 9.90. The fourth-order valence-corrected chi connectivity index (χ4v) is 5.53. The largest absolute Gasteiger partial charge is 0.314 e. The highest BCUT2D eigenvalue weighted by molar-refractivity contribution is 7.09. The summed E-state index contributed by atoms with van der Waals surface area (Å²) in [5.74, 6) is 0.494. The molecule has 0 amide bonds. The number of aryl methyl sites for hydroxylation is 1. The molecule has 0 atom stereocenters. The fraction of sp³-hybridized carbons (Fsp3) is 0.560. The first-order chi connectivity index (χ1) is 15.1. The molecule has 4 rings (SSSR count). The topological polar surface area (TPSA) is 62.3 Å². The first kappa shape index (κ1) is 22.3. The van der Waals surface area contributed by atoms with Crippen LogP contribution in [0.4, 0.5) is 0 Å². The molecule has 0 unspecified atom stereocenters. The van der Waals surface area contributed by atoms with E-state index in [1.165, 1.54) is 0 Å². The number of aromatic nitrogens is 1. The van der Waals surface area contributed by atoms with E-state index in [4.69, 9.17) is 4.98 Å². The van der Waals surface area contributed by atoms with Gasteiger partial charge in [-0.2, -0.15) is 0 Å². The monoisotopic (exact) mass is 439 g/mol. The molecule has 0 spiro atoms. The lowest BCUT2D eigenvalue weighted by Crippen LogP contribution is -2.44. The molecule has 166 valence electrons. The van der Waals surface area contributed by atoms with E-state index in [1.807, 2.05) is 25.1 Å². The first-order valence-electron chi connectivity index (χ1n) is 11.6. The fourth-order valence-electron chi connectivity index (χ4n) is 4.68. The van der Waals surface area contributed by atoms with Gasteiger partial charge in [0.25, 0.3) is 0 Å². The Morgan fingerprint density at radius 1 is 1.16 bits per heavy atom. The van der Waals surface area contributed by atoms with Gasteiger partial charge < -0.3 is 10.2 Å². The molecule has 6 heteroatoms. The van der Waals surface area contributed by atoms with Crippen LogP contribution in [-0.4, -0.2) is 54.2 Å². The van der Waals surface area contributed by atoms with Gasteiger partial charge >= 0.3 is 0 Å². The molecule has 0 bridgehead atoms. The van der Waals surface area contributed by atoms with E-state index >= 15 is 0 Å². The summed E-state index contributed by atoms with van der Waals surface area (Å²) in [5.41, 5.74) is 3.80. The number of carbonyl (C=O) groups excluding carboxylic acids is 2. The molecule has 1 N–H and O–H groups in total. The zero-order valence-corrected chi connectivity index (χ0v) is 19.3. The van der Waals surface area contributed by atoms with Gasteiger partial charge in [-0.25, -0.2) is 4.98 Å². The summed E-state index contributed by atoms with van der Waals surface area (Å²) < 4.78 is 0. The Labute approximate surface area is 189 Å². The molecule has 1 aliphatic heterocycles. The smallest absolute Gasteiger partial charge is 0.166 e. The number of hydrogen-bond donors (Lipinski definition) is 1. The maximum absolute atomic E-state index is 13.0. The first-order valence-corrected chi connectivity index (χ1v) is 12.5. The summed E-state index contributed by atoms with van der Waals surface area (Å²) >= 11 is 1.58. The van der Waals surface area contributed by atoms with Crippen LogP contribution < -0.4 is 5.32 Å². The van der Waals surface area contributed by atoms with Crippen LogP contribution in [0.15, 0.2) is 23.6 Å². The highest BCUT2D eigenvalue weighted by atomic mass is 32.1. The third kappa shape index (κ3) is 6.09. The van der Waals surface area contributed by atoms with Crippen molar-refractivity contribution in [2.45, 2.75) is 51.9 Å². The van der Waals surface area contributed by atoms with Crippen molar-refractivity contribution in [2.24, 2.45) is 5.92 Å². The van der Waals surface area contributed by atoms with Crippen LogP contribution in [0, 0.1) is 12.8 Å². The lowest BCUT2D eigenvalue weighted by Gasteiger charge is -2.26. The van der Waals surface area contributed by atoms with Gasteiger partial charge in [0.15, 0.2) is 5.78 Å². The Balaban J connectivity index is 1.34. The number of Topliss-reactive ketones (excluding diaryl/α,β-unsaturated/α-hetero) is 2. The highest BCUT2D eigenvalue weighted by Crippen LogP contribution is 2.29. The summed E-state index contributed by atoms with van der Waals surface area (Å²) in [6, 6.07) is 5.95. The average Bonchev–Trinajstić information content (AvgIpc) is 3.46. The highest BCUT2D eigenvalue weighted by Gasteiger charge is 2.26. The van der Waals surface area contributed by atoms with E-state index < -0.39 is 0 Å². The van der Waals surface area contributed by atoms with Crippen LogP contribution in [-0.2, 0) is 24.1 Å². The Morgan fingerprint density at radius 2 is 1.94 bits per heavy atom. The molecular weight excluding hydrogens is 406 g/mol. The zero-order chi connectivity index (χ0) is 21.6. The number of nitrogens with one attached hydrogen (secondary N) is 1. The molecule has 1 aromatic heterocycles. The molecule has 0 radical (unpaired) electrons. The van der Waals surface area contributed by atoms with Crippen LogP contribution in [0.2, 0.25) is 0 Å². The molecule has 1 saturated heterocycles. The number of piperazine rings is 1. The van der Waals surface area contributed by atoms with Crippen molar-refractivity contribution < 1.29 is 9.59 Å². The molecule has 1 saturated carbocycles. The van der Waals surface area contributed by atoms with Crippen molar-refractivity contribution in [3.63, 3.8) is 0 Å². The summed E-state index contributed by atoms with van der Waals surface area (Å²) in [6.07, 6.45) is 5.83. The van der Waals surface area contributed by atoms with Gasteiger partial charge in [-0.1, -0.05) is 30.5 Å². The van der Waals surface area contributed by atoms with E-state index in [9.17, 15) is 9.59 Å². The van der Waals surface area contributed by atoms with E-state index in [0.717, 1.165) is 92.2 Å². The lowest BCUT2D eigenvalue weighted by molar-refractivity contribution is -0.117. The second-order valence-corrected chi connectivity index (χ2v) is 9.92. The van der Waals surface area contributed by atoms with E-state index in [2.05, 4.69) is 15.6 Å². The minimum absolute atomic E-state index is 0.132. The van der Waals surface area contributed by atoms with Crippen molar-refractivity contribution in [1.82, 2.24) is 15.2 Å². The number of ketones is 2. The Kier molecular flexibility index (Phi) is 7.64. The number of hydrogen-bond acceptors (Lipinski definition) is 6. The van der Waals surface area contributed by atoms with Crippen molar-refractivity contribution in [1.29, 1.82) is 0 Å². The van der Waals surface area contributed by atoms with Gasteiger partial charge in [0, 0.05) is 62.4 Å². The number of rotatable bonds is 9. The van der Waals surface area contributed by atoms with Gasteiger partial charge in [0.1, 0.15) is 10.8 Å². The molecule has 1 aliphatic carbocycles. The Bertz CT molecular complexity index is 911. The standard InChI is InChI=1S/C25H33N3O2S/c1-18-6-7-20(23(14-18)25(30)19-4-2-3-5-19)15-22(29)16-24-27-21(17-31-24)8-11-28-12-9-26-10-13-28/h6-7,14,17,19,26H,2-5,8-13,15-16H2,1H3. The van der Waals surface area contributed by atoms with Gasteiger partial charge in [-0.3, -0.25) is 9.59 Å². The van der Waals surface area contributed by atoms with Crippen molar-refractivity contribution in [3.8, 4) is 0 Å². The summed E-state index contributed by atoms with van der Waals surface area (Å²) in [7, 11) is 0. The number of benzene rings is 1. The third-order valence-corrected chi connectivity index (χ3v) is 7.38. The van der Waals surface area contributed by atoms with Crippen LogP contribution in [0.25, 0.3) is 0 Å². The van der Waals surface area contributed by atoms with E-state index in [0.29, 0.717) is 12.8 Å². The van der Waals surface area contributed by atoms with Crippen molar-refractivity contribution in [3.05, 3.63) is 51.0 Å². The Hall–Kier alpha value is -1.89. The maximum Gasteiger partial charge on any atom is 0.166 e. The van der Waals surface area contributed by atoms with Crippen LogP contribution in [0.1, 0.15) is 57.9 Å². The minimum atomic E-state index is 0.132. The Morgan fingerprint density at radius 3 is 2.71 bits per heavy atom. The predicted octanol–water partition coefficient (Wildman–Crippen LogP) is 3.63. The SMILES string of the molecule is Cc1ccc(CC(=O)Cc2nc(CCN3CCNCC3)cs2)c(C(=O)C2CCCC2)c1. The number of carbonyl (C=O) groups is 2. The molecule has 5 nitrogen and oxygen atoms in total. The normalized spacial score (nSPS) is 17.8. The maximum atomic E-state index is 13.0. The quantitative estimate of drug-likeness (QED) is 0.605. The number of thiazole rings is 1. The van der Waals surface area contributed by atoms with Gasteiger partial charge in [-0.15, -0.1) is 11.3 Å². The predicted molar refractivity (Wildman–Crippen MR) is 125 cm³/mol. The molecule has 2 aromatic rings. The molecule has 2 heterocycles. The van der Waals surface area contributed by atoms with Gasteiger partial charge in [0.2, 0.25) is 0 Å². The molecule has 31 heavy (non-hydrogen) atoms. The molecule has 2 aliphatic rings. The minimum Gasteiger partial charge on any atom is -0.314 e. The summed E-state index contributed by atoms with van der Waals surface area (Å²) in [5, 5.41) is 6.35. The van der Waals surface area contributed by atoms with Gasteiger partial charge in [0.05, 0.1) is 12.1 Å². The van der Waals surface area contributed by atoms with Crippen LogP contribution in [0.3, 0.4) is 0 Å². The third-order valence-electron chi connectivity index (χ3n) is 6.49. The molecule has 2 fully saturated rings. The van der Waals surface area contributed by atoms with Crippen LogP contribution in [0.5, 0.6) is 0 Å². The second-order valence-electron chi connectivity index (χ2n) is 8.97. The second kappa shape index (κ2) is 10.6. The summed E-state index contributed by atoms with van der Waals surface area (Å²) in [4.78, 5) is 33.0. The van der Waals surface area contributed by atoms with E-state index in [1.54, 1.807) is 11.3 Å². The average molecular weight is 440 g/mol. The zero-order valence-electron chi connectivity index (χ0n) is 18.5. The van der Waals surface area contributed by atoms with E-state index in [-0.39, 0.29) is 17.5 Å². The number of nitrogens with zero attached hydrogens (tertiary/aromatic N) is 2. The van der Waals surface area contributed by atoms with Crippen LogP contribution >= 0.6 is 11.3 Å². The van der Waals surface area contributed by atoms with Crippen molar-refractivity contribution >= 4 is 22.9 Å². The molecular formula is C25H33N3O2S.